The molecule has 1 atom stereocenters. The first-order valence-electron chi connectivity index (χ1n) is 10.5. The van der Waals surface area contributed by atoms with E-state index in [1.807, 2.05) is 27.7 Å². The molecule has 1 amide bonds. The maximum Gasteiger partial charge on any atom is 0.334 e. The third-order valence-corrected chi connectivity index (χ3v) is 5.46. The van der Waals surface area contributed by atoms with Crippen LogP contribution in [0.2, 0.25) is 0 Å². The van der Waals surface area contributed by atoms with Crippen LogP contribution in [0.15, 0.2) is 24.7 Å². The molecule has 1 aliphatic rings. The lowest BCUT2D eigenvalue weighted by Gasteiger charge is -2.28. The molecule has 10 nitrogen and oxygen atoms in total. The molecule has 1 N–H and O–H groups in total. The zero-order chi connectivity index (χ0) is 23.7. The van der Waals surface area contributed by atoms with E-state index in [0.29, 0.717) is 30.9 Å². The third-order valence-electron chi connectivity index (χ3n) is 5.46. The first kappa shape index (κ1) is 23.2. The highest BCUT2D eigenvalue weighted by atomic mass is 16.6. The number of nitriles is 1. The van der Waals surface area contributed by atoms with Crippen molar-refractivity contribution in [2.24, 2.45) is 5.41 Å². The molecular formula is C22H29N7O3. The zero-order valence-corrected chi connectivity index (χ0v) is 19.3. The quantitative estimate of drug-likeness (QED) is 0.680. The van der Waals surface area contributed by atoms with Gasteiger partial charge in [-0.1, -0.05) is 6.92 Å². The molecule has 2 aromatic rings. The van der Waals surface area contributed by atoms with Crippen molar-refractivity contribution in [1.82, 2.24) is 19.7 Å². The Balaban J connectivity index is 1.77. The smallest absolute Gasteiger partial charge is 0.334 e. The second-order valence-corrected chi connectivity index (χ2v) is 9.35. The average Bonchev–Trinajstić information content (AvgIpc) is 3.32. The average molecular weight is 440 g/mol. The summed E-state index contributed by atoms with van der Waals surface area (Å²) in [6.07, 6.45) is 5.70. The van der Waals surface area contributed by atoms with Gasteiger partial charge in [-0.2, -0.15) is 15.3 Å². The first-order valence-corrected chi connectivity index (χ1v) is 10.5. The van der Waals surface area contributed by atoms with Gasteiger partial charge in [-0.15, -0.1) is 0 Å². The number of amides is 1. The first-order chi connectivity index (χ1) is 14.9. The number of esters is 1. The number of carbonyl (C=O) groups excluding carboxylic acids is 2. The Hall–Kier alpha value is -3.48. The lowest BCUT2D eigenvalue weighted by Crippen LogP contribution is -2.41. The molecule has 0 aliphatic carbocycles. The second kappa shape index (κ2) is 8.22. The van der Waals surface area contributed by atoms with Gasteiger partial charge in [-0.3, -0.25) is 14.4 Å². The summed E-state index contributed by atoms with van der Waals surface area (Å²) < 4.78 is 7.01. The van der Waals surface area contributed by atoms with E-state index in [4.69, 9.17) is 4.74 Å². The molecule has 0 radical (unpaired) electrons. The highest BCUT2D eigenvalue weighted by molar-refractivity contribution is 6.01. The van der Waals surface area contributed by atoms with E-state index in [9.17, 15) is 14.9 Å². The molecule has 1 fully saturated rings. The van der Waals surface area contributed by atoms with E-state index in [2.05, 4.69) is 26.5 Å². The minimum Gasteiger partial charge on any atom is -0.458 e. The summed E-state index contributed by atoms with van der Waals surface area (Å²) >= 11 is 0. The monoisotopic (exact) mass is 439 g/mol. The summed E-state index contributed by atoms with van der Waals surface area (Å²) in [5, 5.41) is 16.8. The molecule has 0 aromatic carbocycles. The van der Waals surface area contributed by atoms with Crippen molar-refractivity contribution >= 4 is 29.3 Å². The molecule has 170 valence electrons. The van der Waals surface area contributed by atoms with Gasteiger partial charge in [-0.05, 0) is 53.5 Å². The molecule has 0 unspecified atom stereocenters. The minimum absolute atomic E-state index is 0.237. The Morgan fingerprint density at radius 2 is 2.06 bits per heavy atom. The Kier molecular flexibility index (Phi) is 5.96. The van der Waals surface area contributed by atoms with Crippen molar-refractivity contribution in [2.45, 2.75) is 65.5 Å². The normalized spacial score (nSPS) is 19.0. The molecule has 1 aliphatic heterocycles. The molecule has 10 heteroatoms. The predicted octanol–water partition coefficient (Wildman–Crippen LogP) is 3.15. The highest BCUT2D eigenvalue weighted by Gasteiger charge is 2.46. The summed E-state index contributed by atoms with van der Waals surface area (Å²) in [6, 6.07) is 3.81. The van der Waals surface area contributed by atoms with Crippen LogP contribution in [0.4, 0.5) is 17.5 Å². The number of nitrogens with zero attached hydrogens (tertiary/aromatic N) is 6. The van der Waals surface area contributed by atoms with Crippen LogP contribution in [-0.2, 0) is 19.9 Å². The van der Waals surface area contributed by atoms with E-state index >= 15 is 0 Å². The molecule has 1 saturated heterocycles. The number of hydrogen-bond acceptors (Lipinski definition) is 8. The number of hydrogen-bond donors (Lipinski definition) is 1. The number of aromatic nitrogens is 4. The third kappa shape index (κ3) is 4.42. The van der Waals surface area contributed by atoms with E-state index in [0.717, 1.165) is 0 Å². The van der Waals surface area contributed by atoms with Crippen molar-refractivity contribution in [2.75, 3.05) is 16.8 Å². The molecule has 0 spiro atoms. The van der Waals surface area contributed by atoms with Crippen molar-refractivity contribution in [1.29, 1.82) is 5.26 Å². The van der Waals surface area contributed by atoms with Gasteiger partial charge in [0.2, 0.25) is 11.9 Å². The van der Waals surface area contributed by atoms with Crippen LogP contribution >= 0.6 is 0 Å². The molecule has 0 bridgehead atoms. The van der Waals surface area contributed by atoms with Crippen molar-refractivity contribution in [3.63, 3.8) is 0 Å². The summed E-state index contributed by atoms with van der Waals surface area (Å²) in [5.41, 5.74) is -2.04. The molecular weight excluding hydrogens is 410 g/mol. The number of ether oxygens (including phenoxy) is 1. The predicted molar refractivity (Wildman–Crippen MR) is 118 cm³/mol. The van der Waals surface area contributed by atoms with Gasteiger partial charge in [0.05, 0.1) is 18.0 Å². The Labute approximate surface area is 187 Å². The van der Waals surface area contributed by atoms with Crippen molar-refractivity contribution in [3.05, 3.63) is 24.7 Å². The van der Waals surface area contributed by atoms with Crippen LogP contribution in [0.25, 0.3) is 0 Å². The minimum atomic E-state index is -1.02. The van der Waals surface area contributed by atoms with Crippen LogP contribution in [0.5, 0.6) is 0 Å². The van der Waals surface area contributed by atoms with Gasteiger partial charge in [0.1, 0.15) is 16.8 Å². The maximum absolute atomic E-state index is 12.8. The summed E-state index contributed by atoms with van der Waals surface area (Å²) in [7, 11) is 0. The van der Waals surface area contributed by atoms with Gasteiger partial charge in [0, 0.05) is 18.9 Å². The van der Waals surface area contributed by atoms with Crippen LogP contribution < -0.4 is 10.2 Å². The van der Waals surface area contributed by atoms with E-state index in [1.165, 1.54) is 9.58 Å². The van der Waals surface area contributed by atoms with Crippen molar-refractivity contribution in [3.8, 4) is 6.07 Å². The SMILES string of the molecule is CC[C@]1(C#N)CCN(c2ccnc(Nc3cnn(C(C)(C)C(=O)OC(C)(C)C)c3)n2)C1=O. The zero-order valence-electron chi connectivity index (χ0n) is 19.3. The Bertz CT molecular complexity index is 1060. The van der Waals surface area contributed by atoms with Crippen LogP contribution in [0.3, 0.4) is 0 Å². The number of nitrogens with one attached hydrogen (secondary N) is 1. The van der Waals surface area contributed by atoms with Gasteiger partial charge < -0.3 is 10.1 Å². The fraction of sp³-hybridized carbons (Fsp3) is 0.545. The van der Waals surface area contributed by atoms with E-state index in [-0.39, 0.29) is 11.9 Å². The van der Waals surface area contributed by atoms with Gasteiger partial charge in [0.25, 0.3) is 0 Å². The summed E-state index contributed by atoms with van der Waals surface area (Å²) in [6.45, 7) is 11.2. The standard InChI is InChI=1S/C22H29N7O3/c1-7-22(14-23)9-11-28(17(22)30)16-8-10-24-19(27-16)26-15-12-25-29(13-15)21(5,6)18(31)32-20(2,3)4/h8,10,12-13H,7,9,11H2,1-6H3,(H,24,26,27)/t22-/m1/s1. The highest BCUT2D eigenvalue weighted by Crippen LogP contribution is 2.36. The van der Waals surface area contributed by atoms with Crippen molar-refractivity contribution < 1.29 is 14.3 Å². The molecule has 3 heterocycles. The maximum atomic E-state index is 12.8. The fourth-order valence-corrected chi connectivity index (χ4v) is 3.38. The van der Waals surface area contributed by atoms with Gasteiger partial charge >= 0.3 is 5.97 Å². The number of rotatable bonds is 6. The molecule has 32 heavy (non-hydrogen) atoms. The topological polar surface area (TPSA) is 126 Å². The van der Waals surface area contributed by atoms with Crippen LogP contribution in [-0.4, -0.2) is 43.8 Å². The summed E-state index contributed by atoms with van der Waals surface area (Å²) in [5.74, 6) is 0.0665. The van der Waals surface area contributed by atoms with Crippen LogP contribution in [0.1, 0.15) is 54.4 Å². The van der Waals surface area contributed by atoms with Gasteiger partial charge in [0.15, 0.2) is 5.54 Å². The largest absolute Gasteiger partial charge is 0.458 e. The number of carbonyl (C=O) groups is 2. The van der Waals surface area contributed by atoms with Crippen LogP contribution in [0, 0.1) is 16.7 Å². The molecule has 0 saturated carbocycles. The molecule has 3 rings (SSSR count). The fourth-order valence-electron chi connectivity index (χ4n) is 3.38. The Morgan fingerprint density at radius 3 is 2.66 bits per heavy atom. The summed E-state index contributed by atoms with van der Waals surface area (Å²) in [4.78, 5) is 35.6. The lowest BCUT2D eigenvalue weighted by atomic mass is 9.85. The molecule has 2 aromatic heterocycles. The van der Waals surface area contributed by atoms with Gasteiger partial charge in [-0.25, -0.2) is 9.78 Å². The second-order valence-electron chi connectivity index (χ2n) is 9.35. The van der Waals surface area contributed by atoms with E-state index < -0.39 is 22.5 Å². The Morgan fingerprint density at radius 1 is 1.34 bits per heavy atom. The lowest BCUT2D eigenvalue weighted by molar-refractivity contribution is -0.164. The van der Waals surface area contributed by atoms with E-state index in [1.54, 1.807) is 38.5 Å². The number of anilines is 3.